The summed E-state index contributed by atoms with van der Waals surface area (Å²) >= 11 is 0. The molecule has 136 valence electrons. The predicted octanol–water partition coefficient (Wildman–Crippen LogP) is 4.53. The first-order valence-electron chi connectivity index (χ1n) is 8.43. The van der Waals surface area contributed by atoms with Crippen LogP contribution in [0.5, 0.6) is 0 Å². The summed E-state index contributed by atoms with van der Waals surface area (Å²) in [5, 5.41) is 7.40. The van der Waals surface area contributed by atoms with Crippen LogP contribution >= 0.6 is 12.4 Å². The van der Waals surface area contributed by atoms with Crippen molar-refractivity contribution in [2.45, 2.75) is 18.9 Å². The second-order valence-electron chi connectivity index (χ2n) is 6.06. The number of hydrogen-bond donors (Lipinski definition) is 2. The van der Waals surface area contributed by atoms with Crippen LogP contribution in [0.1, 0.15) is 12.8 Å². The highest BCUT2D eigenvalue weighted by Gasteiger charge is 2.16. The van der Waals surface area contributed by atoms with Gasteiger partial charge in [0.05, 0.1) is 11.6 Å². The predicted molar refractivity (Wildman–Crippen MR) is 104 cm³/mol. The maximum Gasteiger partial charge on any atom is 0.229 e. The Balaban J connectivity index is 0.00000196. The molecule has 1 aliphatic heterocycles. The summed E-state index contributed by atoms with van der Waals surface area (Å²) in [6.45, 7) is 1.53. The van der Waals surface area contributed by atoms with Gasteiger partial charge in [-0.1, -0.05) is 18.2 Å². The largest absolute Gasteiger partial charge is 0.376 e. The Morgan fingerprint density at radius 1 is 1.12 bits per heavy atom. The summed E-state index contributed by atoms with van der Waals surface area (Å²) in [5.41, 5.74) is 1.44. The van der Waals surface area contributed by atoms with E-state index >= 15 is 0 Å². The van der Waals surface area contributed by atoms with Crippen LogP contribution in [0.2, 0.25) is 0 Å². The van der Waals surface area contributed by atoms with Crippen molar-refractivity contribution in [2.24, 2.45) is 0 Å². The van der Waals surface area contributed by atoms with Gasteiger partial charge in [-0.2, -0.15) is 4.98 Å². The van der Waals surface area contributed by atoms with Gasteiger partial charge in [0.1, 0.15) is 11.6 Å². The topological polar surface area (TPSA) is 59.1 Å². The second kappa shape index (κ2) is 8.29. The van der Waals surface area contributed by atoms with E-state index in [9.17, 15) is 4.39 Å². The Hall–Kier alpha value is -2.44. The Morgan fingerprint density at radius 3 is 2.81 bits per heavy atom. The number of nitrogens with zero attached hydrogens (tertiary/aromatic N) is 2. The van der Waals surface area contributed by atoms with Crippen molar-refractivity contribution in [3.8, 4) is 0 Å². The van der Waals surface area contributed by atoms with Crippen LogP contribution in [0, 0.1) is 5.82 Å². The average Bonchev–Trinajstić information content (AvgIpc) is 3.13. The molecule has 1 saturated heterocycles. The monoisotopic (exact) mass is 374 g/mol. The Kier molecular flexibility index (Phi) is 5.85. The molecule has 0 amide bonds. The Morgan fingerprint density at radius 2 is 2.00 bits per heavy atom. The fourth-order valence-corrected chi connectivity index (χ4v) is 2.98. The minimum atomic E-state index is -0.303. The van der Waals surface area contributed by atoms with E-state index in [2.05, 4.69) is 20.6 Å². The van der Waals surface area contributed by atoms with Crippen LogP contribution in [-0.4, -0.2) is 29.2 Å². The molecule has 0 bridgehead atoms. The van der Waals surface area contributed by atoms with E-state index in [1.807, 2.05) is 24.3 Å². The van der Waals surface area contributed by atoms with Gasteiger partial charge < -0.3 is 15.4 Å². The number of halogens is 2. The molecule has 0 aliphatic carbocycles. The van der Waals surface area contributed by atoms with Crippen LogP contribution in [0.3, 0.4) is 0 Å². The standard InChI is InChI=1S/C19H19FN4O.ClH/c20-13-5-3-6-14(11-13)22-19-23-17-9-2-1-8-16(17)18(24-19)21-12-15-7-4-10-25-15;/h1-3,5-6,8-9,11,15H,4,7,10,12H2,(H2,21,22,23,24);1H. The summed E-state index contributed by atoms with van der Waals surface area (Å²) < 4.78 is 19.1. The lowest BCUT2D eigenvalue weighted by Gasteiger charge is -2.14. The van der Waals surface area contributed by atoms with E-state index in [-0.39, 0.29) is 24.3 Å². The number of aromatic nitrogens is 2. The van der Waals surface area contributed by atoms with Crippen LogP contribution in [0.15, 0.2) is 48.5 Å². The fraction of sp³-hybridized carbons (Fsp3) is 0.263. The van der Waals surface area contributed by atoms with Gasteiger partial charge in [-0.05, 0) is 43.2 Å². The lowest BCUT2D eigenvalue weighted by molar-refractivity contribution is 0.120. The van der Waals surface area contributed by atoms with E-state index in [0.29, 0.717) is 18.2 Å². The van der Waals surface area contributed by atoms with Gasteiger partial charge in [-0.15, -0.1) is 12.4 Å². The molecule has 1 unspecified atom stereocenters. The van der Waals surface area contributed by atoms with Crippen molar-refractivity contribution in [3.05, 3.63) is 54.3 Å². The number of fused-ring (bicyclic) bond motifs is 1. The Labute approximate surface area is 157 Å². The van der Waals surface area contributed by atoms with E-state index in [0.717, 1.165) is 36.2 Å². The summed E-state index contributed by atoms with van der Waals surface area (Å²) in [4.78, 5) is 9.10. The minimum absolute atomic E-state index is 0. The van der Waals surface area contributed by atoms with E-state index in [1.165, 1.54) is 12.1 Å². The van der Waals surface area contributed by atoms with Crippen molar-refractivity contribution in [3.63, 3.8) is 0 Å². The SMILES string of the molecule is Cl.Fc1cccc(Nc2nc(NCC3CCCO3)c3ccccc3n2)c1. The second-order valence-corrected chi connectivity index (χ2v) is 6.06. The van der Waals surface area contributed by atoms with Crippen LogP contribution < -0.4 is 10.6 Å². The molecule has 1 fully saturated rings. The molecule has 1 atom stereocenters. The van der Waals surface area contributed by atoms with Gasteiger partial charge >= 0.3 is 0 Å². The third kappa shape index (κ3) is 4.20. The molecule has 2 N–H and O–H groups in total. The molecule has 1 aliphatic rings. The maximum absolute atomic E-state index is 13.4. The molecule has 3 aromatic rings. The molecule has 0 saturated carbocycles. The molecular formula is C19H20ClFN4O. The quantitative estimate of drug-likeness (QED) is 0.687. The van der Waals surface area contributed by atoms with Crippen molar-refractivity contribution in [2.75, 3.05) is 23.8 Å². The fourth-order valence-electron chi connectivity index (χ4n) is 2.98. The third-order valence-corrected chi connectivity index (χ3v) is 4.21. The van der Waals surface area contributed by atoms with Crippen molar-refractivity contribution in [1.29, 1.82) is 0 Å². The number of rotatable bonds is 5. The van der Waals surface area contributed by atoms with Crippen molar-refractivity contribution >= 4 is 40.8 Å². The highest BCUT2D eigenvalue weighted by Crippen LogP contribution is 2.24. The lowest BCUT2D eigenvalue weighted by atomic mass is 10.2. The smallest absolute Gasteiger partial charge is 0.229 e. The highest BCUT2D eigenvalue weighted by atomic mass is 35.5. The number of hydrogen-bond acceptors (Lipinski definition) is 5. The first-order chi connectivity index (χ1) is 12.3. The first-order valence-corrected chi connectivity index (χ1v) is 8.43. The number of benzene rings is 2. The number of nitrogens with one attached hydrogen (secondary N) is 2. The van der Waals surface area contributed by atoms with Crippen molar-refractivity contribution < 1.29 is 9.13 Å². The molecule has 7 heteroatoms. The molecule has 2 aromatic carbocycles. The first kappa shape index (κ1) is 18.4. The lowest BCUT2D eigenvalue weighted by Crippen LogP contribution is -2.19. The van der Waals surface area contributed by atoms with Gasteiger partial charge in [0, 0.05) is 24.2 Å². The highest BCUT2D eigenvalue weighted by molar-refractivity contribution is 5.90. The number of ether oxygens (including phenoxy) is 1. The molecule has 1 aromatic heterocycles. The van der Waals surface area contributed by atoms with Crippen molar-refractivity contribution in [1.82, 2.24) is 9.97 Å². The van der Waals surface area contributed by atoms with E-state index in [4.69, 9.17) is 4.74 Å². The molecule has 26 heavy (non-hydrogen) atoms. The summed E-state index contributed by atoms with van der Waals surface area (Å²) in [7, 11) is 0. The zero-order chi connectivity index (χ0) is 17.1. The Bertz CT molecular complexity index is 886. The summed E-state index contributed by atoms with van der Waals surface area (Å²) in [6, 6.07) is 14.1. The minimum Gasteiger partial charge on any atom is -0.376 e. The van der Waals surface area contributed by atoms with Gasteiger partial charge in [0.25, 0.3) is 0 Å². The molecular weight excluding hydrogens is 355 g/mol. The zero-order valence-electron chi connectivity index (χ0n) is 14.1. The number of para-hydroxylation sites is 1. The number of anilines is 3. The van der Waals surface area contributed by atoms with Gasteiger partial charge in [0.2, 0.25) is 5.95 Å². The van der Waals surface area contributed by atoms with Crippen LogP contribution in [0.25, 0.3) is 10.9 Å². The van der Waals surface area contributed by atoms with E-state index < -0.39 is 0 Å². The molecule has 2 heterocycles. The molecule has 0 radical (unpaired) electrons. The normalized spacial score (nSPS) is 16.3. The zero-order valence-corrected chi connectivity index (χ0v) is 14.9. The van der Waals surface area contributed by atoms with Crippen LogP contribution in [-0.2, 0) is 4.74 Å². The molecule has 4 rings (SSSR count). The third-order valence-electron chi connectivity index (χ3n) is 4.21. The molecule has 0 spiro atoms. The van der Waals surface area contributed by atoms with Crippen LogP contribution in [0.4, 0.5) is 21.8 Å². The van der Waals surface area contributed by atoms with Gasteiger partial charge in [0.15, 0.2) is 0 Å². The van der Waals surface area contributed by atoms with Gasteiger partial charge in [-0.3, -0.25) is 0 Å². The van der Waals surface area contributed by atoms with E-state index in [1.54, 1.807) is 12.1 Å². The van der Waals surface area contributed by atoms with Gasteiger partial charge in [-0.25, -0.2) is 9.37 Å². The maximum atomic E-state index is 13.4. The summed E-state index contributed by atoms with van der Waals surface area (Å²) in [5.74, 6) is 0.877. The average molecular weight is 375 g/mol. The summed E-state index contributed by atoms with van der Waals surface area (Å²) in [6.07, 6.45) is 2.38. The molecule has 5 nitrogen and oxygen atoms in total.